The summed E-state index contributed by atoms with van der Waals surface area (Å²) in [6.07, 6.45) is 7.75. The molecule has 0 amide bonds. The van der Waals surface area contributed by atoms with Gasteiger partial charge in [0.25, 0.3) is 0 Å². The van der Waals surface area contributed by atoms with Gasteiger partial charge in [0.15, 0.2) is 0 Å². The Hall–Kier alpha value is -1.79. The summed E-state index contributed by atoms with van der Waals surface area (Å²) in [5, 5.41) is 2.99. The molecule has 1 aromatic carbocycles. The first-order chi connectivity index (χ1) is 8.76. The van der Waals surface area contributed by atoms with Crippen molar-refractivity contribution in [1.82, 2.24) is 5.32 Å². The topological polar surface area (TPSA) is 38.3 Å². The van der Waals surface area contributed by atoms with Gasteiger partial charge in [0.2, 0.25) is 0 Å². The summed E-state index contributed by atoms with van der Waals surface area (Å²) >= 11 is 0. The van der Waals surface area contributed by atoms with Crippen LogP contribution in [0.1, 0.15) is 35.9 Å². The summed E-state index contributed by atoms with van der Waals surface area (Å²) < 4.78 is 4.78. The predicted octanol–water partition coefficient (Wildman–Crippen LogP) is 2.00. The van der Waals surface area contributed by atoms with Crippen LogP contribution in [-0.2, 0) is 9.53 Å². The van der Waals surface area contributed by atoms with E-state index in [0.29, 0.717) is 12.5 Å². The van der Waals surface area contributed by atoms with Gasteiger partial charge in [-0.25, -0.2) is 4.79 Å². The molecule has 0 heterocycles. The third-order valence-electron chi connectivity index (χ3n) is 3.16. The second-order valence-electron chi connectivity index (χ2n) is 4.48. The summed E-state index contributed by atoms with van der Waals surface area (Å²) in [5.41, 5.74) is 2.24. The maximum absolute atomic E-state index is 11.7. The van der Waals surface area contributed by atoms with Crippen molar-refractivity contribution in [2.24, 2.45) is 0 Å². The molecule has 0 aromatic heterocycles. The predicted molar refractivity (Wildman–Crippen MR) is 70.0 cm³/mol. The van der Waals surface area contributed by atoms with Crippen molar-refractivity contribution in [3.8, 4) is 12.3 Å². The molecular formula is C15H17NO2. The van der Waals surface area contributed by atoms with Crippen LogP contribution >= 0.6 is 0 Å². The average Bonchev–Trinajstić information content (AvgIpc) is 3.24. The zero-order valence-corrected chi connectivity index (χ0v) is 10.5. The van der Waals surface area contributed by atoms with E-state index >= 15 is 0 Å². The van der Waals surface area contributed by atoms with E-state index in [1.54, 1.807) is 0 Å². The molecule has 1 aromatic rings. The Kier molecular flexibility index (Phi) is 4.01. The molecule has 2 rings (SSSR count). The molecule has 18 heavy (non-hydrogen) atoms. The lowest BCUT2D eigenvalue weighted by atomic mass is 10.0. The maximum Gasteiger partial charge on any atom is 0.327 e. The number of carbonyl (C=O) groups excluding carboxylic acids is 1. The van der Waals surface area contributed by atoms with E-state index in [2.05, 4.69) is 23.4 Å². The number of rotatable bonds is 5. The first-order valence-corrected chi connectivity index (χ1v) is 6.10. The lowest BCUT2D eigenvalue weighted by Crippen LogP contribution is -2.29. The molecule has 94 valence electrons. The van der Waals surface area contributed by atoms with Crippen LogP contribution < -0.4 is 5.32 Å². The number of carbonyl (C=O) groups is 1. The van der Waals surface area contributed by atoms with Crippen LogP contribution in [-0.4, -0.2) is 19.6 Å². The fourth-order valence-electron chi connectivity index (χ4n) is 1.99. The zero-order chi connectivity index (χ0) is 13.0. The summed E-state index contributed by atoms with van der Waals surface area (Å²) in [6, 6.07) is 7.62. The summed E-state index contributed by atoms with van der Waals surface area (Å²) in [6.45, 7) is 0.337. The third-order valence-corrected chi connectivity index (χ3v) is 3.16. The van der Waals surface area contributed by atoms with Gasteiger partial charge in [-0.3, -0.25) is 5.32 Å². The second kappa shape index (κ2) is 5.70. The van der Waals surface area contributed by atoms with Crippen molar-refractivity contribution in [3.63, 3.8) is 0 Å². The molecule has 1 saturated carbocycles. The molecule has 1 atom stereocenters. The molecule has 0 radical (unpaired) electrons. The van der Waals surface area contributed by atoms with Crippen molar-refractivity contribution in [2.75, 3.05) is 13.7 Å². The molecular weight excluding hydrogens is 226 g/mol. The van der Waals surface area contributed by atoms with Crippen molar-refractivity contribution in [3.05, 3.63) is 35.4 Å². The Morgan fingerprint density at radius 2 is 2.17 bits per heavy atom. The van der Waals surface area contributed by atoms with Gasteiger partial charge < -0.3 is 4.74 Å². The van der Waals surface area contributed by atoms with Gasteiger partial charge in [0.1, 0.15) is 6.04 Å². The van der Waals surface area contributed by atoms with Gasteiger partial charge in [0, 0.05) is 0 Å². The van der Waals surface area contributed by atoms with E-state index in [1.807, 2.05) is 12.1 Å². The lowest BCUT2D eigenvalue weighted by Gasteiger charge is -2.15. The van der Waals surface area contributed by atoms with E-state index in [9.17, 15) is 4.79 Å². The summed E-state index contributed by atoms with van der Waals surface area (Å²) in [4.78, 5) is 11.7. The first kappa shape index (κ1) is 12.7. The lowest BCUT2D eigenvalue weighted by molar-refractivity contribution is -0.143. The average molecular weight is 243 g/mol. The Balaban J connectivity index is 2.13. The molecule has 0 spiro atoms. The fourth-order valence-corrected chi connectivity index (χ4v) is 1.99. The number of esters is 1. The SMILES string of the molecule is C#CCNC(C(=O)OC)c1ccc(C2CC2)cc1. The van der Waals surface area contributed by atoms with Crippen LogP contribution in [0.3, 0.4) is 0 Å². The minimum Gasteiger partial charge on any atom is -0.468 e. The number of methoxy groups -OCH3 is 1. The number of terminal acetylenes is 1. The van der Waals surface area contributed by atoms with Gasteiger partial charge in [-0.15, -0.1) is 6.42 Å². The molecule has 0 aliphatic heterocycles. The molecule has 3 nitrogen and oxygen atoms in total. The number of ether oxygens (including phenoxy) is 1. The van der Waals surface area contributed by atoms with Gasteiger partial charge in [-0.1, -0.05) is 30.2 Å². The maximum atomic E-state index is 11.7. The normalized spacial score (nSPS) is 15.8. The molecule has 1 N–H and O–H groups in total. The van der Waals surface area contributed by atoms with E-state index in [0.717, 1.165) is 5.56 Å². The monoisotopic (exact) mass is 243 g/mol. The van der Waals surface area contributed by atoms with Crippen LogP contribution in [0, 0.1) is 12.3 Å². The molecule has 0 saturated heterocycles. The molecule has 1 fully saturated rings. The quantitative estimate of drug-likeness (QED) is 0.635. The molecule has 1 aliphatic rings. The van der Waals surface area contributed by atoms with Gasteiger partial charge in [-0.2, -0.15) is 0 Å². The molecule has 0 bridgehead atoms. The Labute approximate surface area is 108 Å². The second-order valence-corrected chi connectivity index (χ2v) is 4.48. The first-order valence-electron chi connectivity index (χ1n) is 6.10. The number of nitrogens with one attached hydrogen (secondary N) is 1. The van der Waals surface area contributed by atoms with Crippen molar-refractivity contribution < 1.29 is 9.53 Å². The molecule has 3 heteroatoms. The summed E-state index contributed by atoms with van der Waals surface area (Å²) in [7, 11) is 1.38. The highest BCUT2D eigenvalue weighted by Crippen LogP contribution is 2.40. The van der Waals surface area contributed by atoms with Crippen molar-refractivity contribution in [1.29, 1.82) is 0 Å². The largest absolute Gasteiger partial charge is 0.468 e. The number of hydrogen-bond donors (Lipinski definition) is 1. The summed E-state index contributed by atoms with van der Waals surface area (Å²) in [5.74, 6) is 2.87. The number of benzene rings is 1. The Morgan fingerprint density at radius 3 is 2.67 bits per heavy atom. The minimum atomic E-state index is -0.487. The standard InChI is InChI=1S/C15H17NO2/c1-3-10-16-14(15(17)18-2)13-8-6-12(7-9-13)11-4-5-11/h1,6-9,11,14,16H,4-5,10H2,2H3. The molecule has 1 unspecified atom stereocenters. The highest BCUT2D eigenvalue weighted by molar-refractivity contribution is 5.77. The van der Waals surface area contributed by atoms with Crippen molar-refractivity contribution in [2.45, 2.75) is 24.8 Å². The fraction of sp³-hybridized carbons (Fsp3) is 0.400. The highest BCUT2D eigenvalue weighted by Gasteiger charge is 2.25. The van der Waals surface area contributed by atoms with E-state index in [4.69, 9.17) is 11.2 Å². The van der Waals surface area contributed by atoms with Crippen LogP contribution in [0.2, 0.25) is 0 Å². The van der Waals surface area contributed by atoms with Crippen LogP contribution in [0.15, 0.2) is 24.3 Å². The third kappa shape index (κ3) is 2.91. The van der Waals surface area contributed by atoms with Crippen LogP contribution in [0.4, 0.5) is 0 Å². The van der Waals surface area contributed by atoms with Gasteiger partial charge in [0.05, 0.1) is 13.7 Å². The van der Waals surface area contributed by atoms with E-state index in [-0.39, 0.29) is 5.97 Å². The smallest absolute Gasteiger partial charge is 0.327 e. The van der Waals surface area contributed by atoms with Crippen LogP contribution in [0.25, 0.3) is 0 Å². The Morgan fingerprint density at radius 1 is 1.50 bits per heavy atom. The minimum absolute atomic E-state index is 0.315. The van der Waals surface area contributed by atoms with E-state index in [1.165, 1.54) is 25.5 Å². The highest BCUT2D eigenvalue weighted by atomic mass is 16.5. The zero-order valence-electron chi connectivity index (χ0n) is 10.5. The van der Waals surface area contributed by atoms with Crippen LogP contribution in [0.5, 0.6) is 0 Å². The van der Waals surface area contributed by atoms with E-state index < -0.39 is 6.04 Å². The van der Waals surface area contributed by atoms with Gasteiger partial charge in [-0.05, 0) is 29.9 Å². The van der Waals surface area contributed by atoms with Gasteiger partial charge >= 0.3 is 5.97 Å². The Bertz CT molecular complexity index is 454. The number of hydrogen-bond acceptors (Lipinski definition) is 3. The molecule has 1 aliphatic carbocycles. The van der Waals surface area contributed by atoms with Crippen molar-refractivity contribution >= 4 is 5.97 Å².